The summed E-state index contributed by atoms with van der Waals surface area (Å²) >= 11 is 0. The predicted molar refractivity (Wildman–Crippen MR) is 90.1 cm³/mol. The molecule has 1 atom stereocenters. The highest BCUT2D eigenvalue weighted by Gasteiger charge is 2.29. The van der Waals surface area contributed by atoms with Gasteiger partial charge in [-0.05, 0) is 31.0 Å². The van der Waals surface area contributed by atoms with Crippen LogP contribution in [0.1, 0.15) is 19.3 Å². The van der Waals surface area contributed by atoms with E-state index in [1.807, 2.05) is 21.8 Å². The van der Waals surface area contributed by atoms with Gasteiger partial charge >= 0.3 is 0 Å². The molecule has 128 valence electrons. The van der Waals surface area contributed by atoms with Gasteiger partial charge < -0.3 is 4.90 Å². The van der Waals surface area contributed by atoms with Crippen LogP contribution in [0.25, 0.3) is 0 Å². The zero-order valence-electron chi connectivity index (χ0n) is 13.4. The zero-order chi connectivity index (χ0) is 17.0. The topological polar surface area (TPSA) is 72.3 Å². The molecule has 1 aromatic carbocycles. The van der Waals surface area contributed by atoms with E-state index in [-0.39, 0.29) is 29.0 Å². The van der Waals surface area contributed by atoms with Crippen molar-refractivity contribution in [1.82, 2.24) is 14.7 Å². The van der Waals surface area contributed by atoms with E-state index in [1.165, 1.54) is 0 Å². The lowest BCUT2D eigenvalue weighted by atomic mass is 10.2. The second-order valence-electron chi connectivity index (χ2n) is 5.99. The lowest BCUT2D eigenvalue weighted by Gasteiger charge is -2.24. The third kappa shape index (κ3) is 3.84. The smallest absolute Gasteiger partial charge is 0.223 e. The first-order valence-corrected chi connectivity index (χ1v) is 9.76. The Morgan fingerprint density at radius 1 is 1.21 bits per heavy atom. The van der Waals surface area contributed by atoms with Gasteiger partial charge in [0.15, 0.2) is 9.84 Å². The van der Waals surface area contributed by atoms with E-state index < -0.39 is 9.84 Å². The molecule has 0 spiro atoms. The Balaban J connectivity index is 1.60. The molecule has 24 heavy (non-hydrogen) atoms. The summed E-state index contributed by atoms with van der Waals surface area (Å²) in [5.74, 6) is -0.245. The second kappa shape index (κ2) is 7.17. The van der Waals surface area contributed by atoms with Gasteiger partial charge in [0, 0.05) is 25.4 Å². The van der Waals surface area contributed by atoms with Crippen molar-refractivity contribution in [3.05, 3.63) is 48.8 Å². The number of likely N-dealkylation sites (tertiary alicyclic amines) is 1. The number of carbonyl (C=O) groups is 1. The van der Waals surface area contributed by atoms with Crippen LogP contribution in [-0.2, 0) is 21.2 Å². The van der Waals surface area contributed by atoms with Crippen LogP contribution < -0.4 is 0 Å². The molecule has 0 bridgehead atoms. The summed E-state index contributed by atoms with van der Waals surface area (Å²) in [6.07, 6.45) is 5.49. The predicted octanol–water partition coefficient (Wildman–Crippen LogP) is 1.74. The van der Waals surface area contributed by atoms with Crippen molar-refractivity contribution in [2.45, 2.75) is 36.7 Å². The van der Waals surface area contributed by atoms with Crippen molar-refractivity contribution in [2.75, 3.05) is 12.3 Å². The molecular weight excluding hydrogens is 326 g/mol. The van der Waals surface area contributed by atoms with Gasteiger partial charge in [-0.3, -0.25) is 9.48 Å². The molecule has 2 heterocycles. The van der Waals surface area contributed by atoms with Gasteiger partial charge in [-0.25, -0.2) is 8.42 Å². The number of hydrogen-bond donors (Lipinski definition) is 0. The van der Waals surface area contributed by atoms with Gasteiger partial charge in [0.25, 0.3) is 0 Å². The monoisotopic (exact) mass is 347 g/mol. The van der Waals surface area contributed by atoms with Gasteiger partial charge in [0.05, 0.1) is 23.2 Å². The zero-order valence-corrected chi connectivity index (χ0v) is 14.2. The third-order valence-corrected chi connectivity index (χ3v) is 6.07. The first-order valence-electron chi connectivity index (χ1n) is 8.11. The van der Waals surface area contributed by atoms with Crippen LogP contribution in [0.2, 0.25) is 0 Å². The van der Waals surface area contributed by atoms with Crippen molar-refractivity contribution >= 4 is 15.7 Å². The third-order valence-electron chi connectivity index (χ3n) is 4.34. The molecule has 3 rings (SSSR count). The molecule has 6 nitrogen and oxygen atoms in total. The van der Waals surface area contributed by atoms with Crippen molar-refractivity contribution in [2.24, 2.45) is 0 Å². The summed E-state index contributed by atoms with van der Waals surface area (Å²) < 4.78 is 26.4. The lowest BCUT2D eigenvalue weighted by Crippen LogP contribution is -2.38. The van der Waals surface area contributed by atoms with Crippen molar-refractivity contribution in [3.8, 4) is 0 Å². The molecule has 2 aromatic rings. The van der Waals surface area contributed by atoms with Gasteiger partial charge in [0.2, 0.25) is 5.91 Å². The summed E-state index contributed by atoms with van der Waals surface area (Å²) in [7, 11) is -3.42. The molecule has 1 fully saturated rings. The van der Waals surface area contributed by atoms with E-state index in [9.17, 15) is 13.2 Å². The summed E-state index contributed by atoms with van der Waals surface area (Å²) in [6.45, 7) is 1.35. The molecule has 0 saturated carbocycles. The fourth-order valence-electron chi connectivity index (χ4n) is 3.09. The maximum atomic E-state index is 12.5. The van der Waals surface area contributed by atoms with E-state index in [0.717, 1.165) is 12.8 Å². The molecule has 1 aliphatic heterocycles. The Morgan fingerprint density at radius 3 is 2.71 bits per heavy atom. The molecule has 0 N–H and O–H groups in total. The first-order chi connectivity index (χ1) is 11.6. The van der Waals surface area contributed by atoms with Crippen LogP contribution in [0, 0.1) is 0 Å². The van der Waals surface area contributed by atoms with Crippen LogP contribution >= 0.6 is 0 Å². The minimum Gasteiger partial charge on any atom is -0.338 e. The van der Waals surface area contributed by atoms with E-state index in [0.29, 0.717) is 13.1 Å². The summed E-state index contributed by atoms with van der Waals surface area (Å²) in [6, 6.07) is 10.2. The van der Waals surface area contributed by atoms with Crippen LogP contribution in [0.3, 0.4) is 0 Å². The number of hydrogen-bond acceptors (Lipinski definition) is 4. The minimum atomic E-state index is -3.42. The van der Waals surface area contributed by atoms with Gasteiger partial charge in [-0.1, -0.05) is 18.2 Å². The number of nitrogens with zero attached hydrogens (tertiary/aromatic N) is 3. The number of rotatable bonds is 6. The Bertz CT molecular complexity index is 773. The highest BCUT2D eigenvalue weighted by Crippen LogP contribution is 2.20. The van der Waals surface area contributed by atoms with Crippen LogP contribution in [0.5, 0.6) is 0 Å². The van der Waals surface area contributed by atoms with Crippen molar-refractivity contribution < 1.29 is 13.2 Å². The molecule has 1 amide bonds. The summed E-state index contributed by atoms with van der Waals surface area (Å²) in [4.78, 5) is 14.6. The molecular formula is C17H21N3O3S. The van der Waals surface area contributed by atoms with Crippen LogP contribution in [0.15, 0.2) is 53.7 Å². The quantitative estimate of drug-likeness (QED) is 0.798. The van der Waals surface area contributed by atoms with Crippen LogP contribution in [-0.4, -0.2) is 47.3 Å². The minimum absolute atomic E-state index is 0.0207. The number of amides is 1. The standard InChI is InChI=1S/C17H21N3O3S/c21-17(9-13-24(22,23)16-7-2-1-3-8-16)20-12-4-6-15(20)14-19-11-5-10-18-19/h1-3,5,7-8,10-11,15H,4,6,9,12-14H2/t15-/m1/s1. The largest absolute Gasteiger partial charge is 0.338 e. The Morgan fingerprint density at radius 2 is 2.00 bits per heavy atom. The van der Waals surface area contributed by atoms with Gasteiger partial charge in [-0.2, -0.15) is 5.10 Å². The number of sulfone groups is 1. The SMILES string of the molecule is O=C(CCS(=O)(=O)c1ccccc1)N1CCC[C@@H]1Cn1cccn1. The molecule has 1 saturated heterocycles. The second-order valence-corrected chi connectivity index (χ2v) is 8.10. The number of carbonyl (C=O) groups excluding carboxylic acids is 1. The van der Waals surface area contributed by atoms with Crippen LogP contribution in [0.4, 0.5) is 0 Å². The fraction of sp³-hybridized carbons (Fsp3) is 0.412. The molecule has 0 aliphatic carbocycles. The Kier molecular flexibility index (Phi) is 4.99. The van der Waals surface area contributed by atoms with E-state index in [1.54, 1.807) is 36.5 Å². The summed E-state index contributed by atoms with van der Waals surface area (Å²) in [5, 5.41) is 4.18. The highest BCUT2D eigenvalue weighted by atomic mass is 32.2. The van der Waals surface area contributed by atoms with Crippen molar-refractivity contribution in [1.29, 1.82) is 0 Å². The molecule has 1 aromatic heterocycles. The van der Waals surface area contributed by atoms with Gasteiger partial charge in [0.1, 0.15) is 0 Å². The maximum absolute atomic E-state index is 12.5. The lowest BCUT2D eigenvalue weighted by molar-refractivity contribution is -0.131. The first kappa shape index (κ1) is 16.7. The van der Waals surface area contributed by atoms with Gasteiger partial charge in [-0.15, -0.1) is 0 Å². The molecule has 0 unspecified atom stereocenters. The van der Waals surface area contributed by atoms with E-state index in [4.69, 9.17) is 0 Å². The maximum Gasteiger partial charge on any atom is 0.223 e. The van der Waals surface area contributed by atoms with E-state index in [2.05, 4.69) is 5.10 Å². The fourth-order valence-corrected chi connectivity index (χ4v) is 4.34. The summed E-state index contributed by atoms with van der Waals surface area (Å²) in [5.41, 5.74) is 0. The number of aromatic nitrogens is 2. The normalized spacial score (nSPS) is 18.0. The van der Waals surface area contributed by atoms with Crippen molar-refractivity contribution in [3.63, 3.8) is 0 Å². The molecule has 7 heteroatoms. The average Bonchev–Trinajstić information content (AvgIpc) is 3.26. The molecule has 1 aliphatic rings. The van der Waals surface area contributed by atoms with E-state index >= 15 is 0 Å². The Labute approximate surface area is 142 Å². The molecule has 0 radical (unpaired) electrons. The average molecular weight is 347 g/mol. The highest BCUT2D eigenvalue weighted by molar-refractivity contribution is 7.91. The number of benzene rings is 1. The Hall–Kier alpha value is -2.15.